The van der Waals surface area contributed by atoms with Crippen molar-refractivity contribution in [2.75, 3.05) is 25.1 Å². The van der Waals surface area contributed by atoms with Crippen molar-refractivity contribution < 1.29 is 14.3 Å². The van der Waals surface area contributed by atoms with Crippen molar-refractivity contribution in [3.8, 4) is 11.5 Å². The van der Waals surface area contributed by atoms with E-state index in [9.17, 15) is 4.79 Å². The molecule has 2 aromatic rings. The fourth-order valence-corrected chi connectivity index (χ4v) is 3.21. The monoisotopic (exact) mass is 351 g/mol. The Bertz CT molecular complexity index is 850. The minimum absolute atomic E-state index is 0.149. The summed E-state index contributed by atoms with van der Waals surface area (Å²) in [4.78, 5) is 14.7. The molecule has 0 aliphatic carbocycles. The van der Waals surface area contributed by atoms with Crippen molar-refractivity contribution in [1.82, 2.24) is 5.43 Å². The zero-order valence-corrected chi connectivity index (χ0v) is 14.8. The summed E-state index contributed by atoms with van der Waals surface area (Å²) in [6.07, 6.45) is 1.90. The first kappa shape index (κ1) is 16.4. The lowest BCUT2D eigenvalue weighted by molar-refractivity contribution is -0.136. The van der Waals surface area contributed by atoms with E-state index in [2.05, 4.69) is 10.5 Å². The molecule has 6 heteroatoms. The van der Waals surface area contributed by atoms with Crippen LogP contribution in [-0.4, -0.2) is 37.9 Å². The number of carbonyl (C=O) groups excluding carboxylic acids is 1. The number of ether oxygens (including phenoxy) is 2. The van der Waals surface area contributed by atoms with Crippen LogP contribution in [0.2, 0.25) is 0 Å². The molecule has 2 atom stereocenters. The Hall–Kier alpha value is -3.02. The number of benzene rings is 2. The molecule has 1 N–H and O–H groups in total. The Kier molecular flexibility index (Phi) is 4.03. The Balaban J connectivity index is 1.51. The highest BCUT2D eigenvalue weighted by Crippen LogP contribution is 2.36. The molecule has 4 rings (SSSR count). The van der Waals surface area contributed by atoms with Crippen molar-refractivity contribution in [2.45, 2.75) is 18.4 Å². The largest absolute Gasteiger partial charge is 0.485 e. The van der Waals surface area contributed by atoms with E-state index in [1.54, 1.807) is 18.9 Å². The van der Waals surface area contributed by atoms with Crippen LogP contribution in [0.1, 0.15) is 18.4 Å². The molecule has 0 saturated heterocycles. The summed E-state index contributed by atoms with van der Waals surface area (Å²) < 4.78 is 11.7. The average Bonchev–Trinajstić information content (AvgIpc) is 3.21. The molecule has 2 unspecified atom stereocenters. The van der Waals surface area contributed by atoms with Crippen molar-refractivity contribution in [3.63, 3.8) is 0 Å². The normalized spacial score (nSPS) is 23.4. The smallest absolute Gasteiger partial charge is 0.274 e. The molecule has 1 amide bonds. The van der Waals surface area contributed by atoms with Crippen molar-refractivity contribution in [2.24, 2.45) is 5.10 Å². The number of hydrazone groups is 1. The number of amides is 1. The van der Waals surface area contributed by atoms with E-state index in [-0.39, 0.29) is 18.4 Å². The molecule has 0 bridgehead atoms. The number of rotatable bonds is 3. The van der Waals surface area contributed by atoms with Crippen LogP contribution in [0, 0.1) is 0 Å². The predicted molar refractivity (Wildman–Crippen MR) is 100 cm³/mol. The number of fused-ring (bicyclic) bond motifs is 1. The number of hydrogen-bond acceptors (Lipinski definition) is 5. The van der Waals surface area contributed by atoms with Crippen LogP contribution in [0.15, 0.2) is 53.6 Å². The maximum Gasteiger partial charge on any atom is 0.274 e. The second-order valence-electron chi connectivity index (χ2n) is 6.77. The minimum Gasteiger partial charge on any atom is -0.485 e. The van der Waals surface area contributed by atoms with Crippen LogP contribution in [0.25, 0.3) is 0 Å². The standard InChI is InChI=1S/C20H21N3O3/c1-20(13-25-17-5-3-4-6-18(17)26-20)19(24)23(2)16-9-7-14(8-10-16)15-11-21-22-12-15/h3-11,15,22H,12-13H2,1-2H3. The summed E-state index contributed by atoms with van der Waals surface area (Å²) in [5.41, 5.74) is 3.87. The molecular weight excluding hydrogens is 330 g/mol. The van der Waals surface area contributed by atoms with Crippen molar-refractivity contribution >= 4 is 17.8 Å². The van der Waals surface area contributed by atoms with E-state index in [1.165, 1.54) is 5.56 Å². The maximum absolute atomic E-state index is 13.1. The number of likely N-dealkylation sites (N-methyl/N-ethyl adjacent to an activating group) is 1. The number of nitrogens with one attached hydrogen (secondary N) is 1. The van der Waals surface area contributed by atoms with Gasteiger partial charge in [0, 0.05) is 31.4 Å². The van der Waals surface area contributed by atoms with Gasteiger partial charge in [-0.2, -0.15) is 5.10 Å². The van der Waals surface area contributed by atoms with E-state index in [4.69, 9.17) is 9.47 Å². The number of hydrogen-bond donors (Lipinski definition) is 1. The first-order valence-electron chi connectivity index (χ1n) is 8.62. The predicted octanol–water partition coefficient (Wildman–Crippen LogP) is 2.55. The molecule has 2 aliphatic rings. The van der Waals surface area contributed by atoms with Gasteiger partial charge in [0.15, 0.2) is 11.5 Å². The molecule has 0 aromatic heterocycles. The third kappa shape index (κ3) is 2.87. The second-order valence-corrected chi connectivity index (χ2v) is 6.77. The molecule has 0 saturated carbocycles. The zero-order valence-electron chi connectivity index (χ0n) is 14.8. The molecule has 0 radical (unpaired) electrons. The highest BCUT2D eigenvalue weighted by molar-refractivity contribution is 5.99. The molecule has 6 nitrogen and oxygen atoms in total. The topological polar surface area (TPSA) is 63.2 Å². The molecule has 26 heavy (non-hydrogen) atoms. The highest BCUT2D eigenvalue weighted by atomic mass is 16.6. The SMILES string of the molecule is CN(C(=O)C1(C)COc2ccccc2O1)c1ccc(C2C=NNC2)cc1. The lowest BCUT2D eigenvalue weighted by atomic mass is 10.00. The van der Waals surface area contributed by atoms with Gasteiger partial charge in [-0.3, -0.25) is 4.79 Å². The van der Waals surface area contributed by atoms with Crippen LogP contribution in [0.4, 0.5) is 5.69 Å². The molecule has 2 aliphatic heterocycles. The zero-order chi connectivity index (χ0) is 18.1. The van der Waals surface area contributed by atoms with E-state index in [0.717, 1.165) is 12.2 Å². The molecule has 134 valence electrons. The first-order chi connectivity index (χ1) is 12.6. The fraction of sp³-hybridized carbons (Fsp3) is 0.300. The minimum atomic E-state index is -1.07. The van der Waals surface area contributed by atoms with Crippen molar-refractivity contribution in [1.29, 1.82) is 0 Å². The van der Waals surface area contributed by atoms with Crippen LogP contribution in [-0.2, 0) is 4.79 Å². The Labute approximate surface area is 152 Å². The third-order valence-electron chi connectivity index (χ3n) is 4.81. The number of carbonyl (C=O) groups is 1. The van der Waals surface area contributed by atoms with Gasteiger partial charge in [0.05, 0.1) is 0 Å². The van der Waals surface area contributed by atoms with Crippen LogP contribution >= 0.6 is 0 Å². The van der Waals surface area contributed by atoms with Gasteiger partial charge in [0.1, 0.15) is 6.61 Å². The molecular formula is C20H21N3O3. The maximum atomic E-state index is 13.1. The first-order valence-corrected chi connectivity index (χ1v) is 8.62. The lowest BCUT2D eigenvalue weighted by Crippen LogP contribution is -2.55. The summed E-state index contributed by atoms with van der Waals surface area (Å²) in [7, 11) is 1.76. The van der Waals surface area contributed by atoms with Gasteiger partial charge in [0.2, 0.25) is 5.60 Å². The quantitative estimate of drug-likeness (QED) is 0.923. The summed E-state index contributed by atoms with van der Waals surface area (Å²) in [6, 6.07) is 15.3. The number of para-hydroxylation sites is 2. The fourth-order valence-electron chi connectivity index (χ4n) is 3.21. The lowest BCUT2D eigenvalue weighted by Gasteiger charge is -2.36. The summed E-state index contributed by atoms with van der Waals surface area (Å²) in [5, 5.41) is 4.05. The number of nitrogens with zero attached hydrogens (tertiary/aromatic N) is 2. The van der Waals surface area contributed by atoms with E-state index >= 15 is 0 Å². The van der Waals surface area contributed by atoms with Crippen molar-refractivity contribution in [3.05, 3.63) is 54.1 Å². The van der Waals surface area contributed by atoms with Crippen LogP contribution < -0.4 is 19.8 Å². The molecule has 2 heterocycles. The average molecular weight is 351 g/mol. The third-order valence-corrected chi connectivity index (χ3v) is 4.81. The molecule has 2 aromatic carbocycles. The summed E-state index contributed by atoms with van der Waals surface area (Å²) in [6.45, 7) is 2.74. The van der Waals surface area contributed by atoms with E-state index in [1.807, 2.05) is 54.7 Å². The Morgan fingerprint density at radius 3 is 2.62 bits per heavy atom. The van der Waals surface area contributed by atoms with Crippen LogP contribution in [0.5, 0.6) is 11.5 Å². The van der Waals surface area contributed by atoms with E-state index in [0.29, 0.717) is 11.5 Å². The van der Waals surface area contributed by atoms with Crippen LogP contribution in [0.3, 0.4) is 0 Å². The van der Waals surface area contributed by atoms with Gasteiger partial charge < -0.3 is 19.8 Å². The molecule has 0 fully saturated rings. The number of anilines is 1. The summed E-state index contributed by atoms with van der Waals surface area (Å²) >= 11 is 0. The highest BCUT2D eigenvalue weighted by Gasteiger charge is 2.42. The van der Waals surface area contributed by atoms with Gasteiger partial charge in [-0.15, -0.1) is 0 Å². The second kappa shape index (κ2) is 6.37. The Morgan fingerprint density at radius 2 is 1.92 bits per heavy atom. The van der Waals surface area contributed by atoms with Gasteiger partial charge in [-0.05, 0) is 36.8 Å². The van der Waals surface area contributed by atoms with Gasteiger partial charge in [-0.25, -0.2) is 0 Å². The van der Waals surface area contributed by atoms with Gasteiger partial charge in [-0.1, -0.05) is 24.3 Å². The van der Waals surface area contributed by atoms with Gasteiger partial charge >= 0.3 is 0 Å². The molecule has 0 spiro atoms. The van der Waals surface area contributed by atoms with E-state index < -0.39 is 5.60 Å². The summed E-state index contributed by atoms with van der Waals surface area (Å²) in [5.74, 6) is 1.38. The van der Waals surface area contributed by atoms with Gasteiger partial charge in [0.25, 0.3) is 5.91 Å². The Morgan fingerprint density at radius 1 is 1.19 bits per heavy atom.